The standard InChI is InChI=1S/C15H19FN2O/c1-17-9-4-10-18-11-12-7-8-15(19-12)13-5-2-3-6-14(13)16/h2-3,5-8,17-18H,4,9-11H2,1H3. The van der Waals surface area contributed by atoms with Crippen molar-refractivity contribution >= 4 is 0 Å². The molecule has 0 aliphatic carbocycles. The topological polar surface area (TPSA) is 37.2 Å². The highest BCUT2D eigenvalue weighted by Crippen LogP contribution is 2.24. The van der Waals surface area contributed by atoms with Gasteiger partial charge in [-0.1, -0.05) is 12.1 Å². The summed E-state index contributed by atoms with van der Waals surface area (Å²) >= 11 is 0. The summed E-state index contributed by atoms with van der Waals surface area (Å²) in [6, 6.07) is 10.3. The lowest BCUT2D eigenvalue weighted by molar-refractivity contribution is 0.487. The van der Waals surface area contributed by atoms with E-state index in [0.29, 0.717) is 17.9 Å². The van der Waals surface area contributed by atoms with Crippen LogP contribution in [0.1, 0.15) is 12.2 Å². The molecule has 2 aromatic rings. The van der Waals surface area contributed by atoms with Crippen LogP contribution in [-0.2, 0) is 6.54 Å². The fourth-order valence-corrected chi connectivity index (χ4v) is 1.88. The molecule has 0 bridgehead atoms. The van der Waals surface area contributed by atoms with Gasteiger partial charge in [0.05, 0.1) is 12.1 Å². The minimum atomic E-state index is -0.259. The number of nitrogens with one attached hydrogen (secondary N) is 2. The summed E-state index contributed by atoms with van der Waals surface area (Å²) in [4.78, 5) is 0. The van der Waals surface area contributed by atoms with Crippen LogP contribution in [-0.4, -0.2) is 20.1 Å². The molecule has 4 heteroatoms. The Kier molecular flexibility index (Phi) is 5.12. The number of hydrogen-bond acceptors (Lipinski definition) is 3. The molecule has 0 aliphatic heterocycles. The molecule has 1 aromatic carbocycles. The van der Waals surface area contributed by atoms with Gasteiger partial charge in [-0.15, -0.1) is 0 Å². The predicted molar refractivity (Wildman–Crippen MR) is 74.4 cm³/mol. The Morgan fingerprint density at radius 1 is 1.11 bits per heavy atom. The monoisotopic (exact) mass is 262 g/mol. The van der Waals surface area contributed by atoms with E-state index in [2.05, 4.69) is 10.6 Å². The van der Waals surface area contributed by atoms with E-state index in [1.807, 2.05) is 19.2 Å². The normalized spacial score (nSPS) is 10.8. The van der Waals surface area contributed by atoms with Crippen LogP contribution in [0.15, 0.2) is 40.8 Å². The molecule has 1 heterocycles. The quantitative estimate of drug-likeness (QED) is 0.753. The Balaban J connectivity index is 1.91. The third-order valence-electron chi connectivity index (χ3n) is 2.88. The molecule has 1 aromatic heterocycles. The number of halogens is 1. The average molecular weight is 262 g/mol. The lowest BCUT2D eigenvalue weighted by Crippen LogP contribution is -2.19. The summed E-state index contributed by atoms with van der Waals surface area (Å²) in [5.74, 6) is 1.14. The summed E-state index contributed by atoms with van der Waals surface area (Å²) in [5.41, 5.74) is 0.504. The second-order valence-electron chi connectivity index (χ2n) is 4.38. The van der Waals surface area contributed by atoms with Gasteiger partial charge >= 0.3 is 0 Å². The largest absolute Gasteiger partial charge is 0.460 e. The molecular formula is C15H19FN2O. The fourth-order valence-electron chi connectivity index (χ4n) is 1.88. The lowest BCUT2D eigenvalue weighted by Gasteiger charge is -2.02. The van der Waals surface area contributed by atoms with Crippen molar-refractivity contribution in [2.45, 2.75) is 13.0 Å². The molecule has 0 unspecified atom stereocenters. The van der Waals surface area contributed by atoms with Crippen LogP contribution in [0.2, 0.25) is 0 Å². The Bertz CT molecular complexity index is 510. The van der Waals surface area contributed by atoms with Crippen molar-refractivity contribution in [3.8, 4) is 11.3 Å². The molecule has 0 amide bonds. The Morgan fingerprint density at radius 3 is 2.74 bits per heavy atom. The van der Waals surface area contributed by atoms with Gasteiger partial charge in [0.25, 0.3) is 0 Å². The van der Waals surface area contributed by atoms with E-state index in [1.165, 1.54) is 6.07 Å². The van der Waals surface area contributed by atoms with Gasteiger partial charge < -0.3 is 15.1 Å². The maximum absolute atomic E-state index is 13.6. The van der Waals surface area contributed by atoms with Gasteiger partial charge in [0.2, 0.25) is 0 Å². The van der Waals surface area contributed by atoms with E-state index < -0.39 is 0 Å². The van der Waals surface area contributed by atoms with Gasteiger partial charge in [0.1, 0.15) is 17.3 Å². The molecule has 19 heavy (non-hydrogen) atoms. The average Bonchev–Trinajstić information content (AvgIpc) is 2.88. The molecule has 0 spiro atoms. The highest BCUT2D eigenvalue weighted by atomic mass is 19.1. The van der Waals surface area contributed by atoms with Gasteiger partial charge in [-0.3, -0.25) is 0 Å². The summed E-state index contributed by atoms with van der Waals surface area (Å²) in [6.45, 7) is 2.58. The summed E-state index contributed by atoms with van der Waals surface area (Å²) in [5, 5.41) is 6.38. The SMILES string of the molecule is CNCCCNCc1ccc(-c2ccccc2F)o1. The van der Waals surface area contributed by atoms with Crippen LogP contribution in [0.3, 0.4) is 0 Å². The summed E-state index contributed by atoms with van der Waals surface area (Å²) in [6.07, 6.45) is 1.07. The molecule has 0 fully saturated rings. The minimum Gasteiger partial charge on any atom is -0.460 e. The third-order valence-corrected chi connectivity index (χ3v) is 2.88. The van der Waals surface area contributed by atoms with E-state index in [9.17, 15) is 4.39 Å². The van der Waals surface area contributed by atoms with Crippen LogP contribution >= 0.6 is 0 Å². The zero-order chi connectivity index (χ0) is 13.5. The van der Waals surface area contributed by atoms with Crippen LogP contribution in [0.5, 0.6) is 0 Å². The molecule has 0 aliphatic rings. The van der Waals surface area contributed by atoms with Crippen LogP contribution in [0, 0.1) is 5.82 Å². The van der Waals surface area contributed by atoms with E-state index in [1.54, 1.807) is 18.2 Å². The summed E-state index contributed by atoms with van der Waals surface area (Å²) < 4.78 is 19.2. The van der Waals surface area contributed by atoms with Crippen molar-refractivity contribution in [1.29, 1.82) is 0 Å². The molecule has 0 atom stereocenters. The second-order valence-corrected chi connectivity index (χ2v) is 4.38. The second kappa shape index (κ2) is 7.07. The highest BCUT2D eigenvalue weighted by Gasteiger charge is 2.08. The summed E-state index contributed by atoms with van der Waals surface area (Å²) in [7, 11) is 1.94. The molecule has 0 saturated carbocycles. The maximum atomic E-state index is 13.6. The van der Waals surface area contributed by atoms with Crippen molar-refractivity contribution in [3.63, 3.8) is 0 Å². The number of hydrogen-bond donors (Lipinski definition) is 2. The molecule has 2 N–H and O–H groups in total. The molecule has 102 valence electrons. The third kappa shape index (κ3) is 3.91. The van der Waals surface area contributed by atoms with Crippen molar-refractivity contribution in [2.24, 2.45) is 0 Å². The Hall–Kier alpha value is -1.65. The van der Waals surface area contributed by atoms with Crippen LogP contribution < -0.4 is 10.6 Å². The molecular weight excluding hydrogens is 243 g/mol. The van der Waals surface area contributed by atoms with E-state index in [4.69, 9.17) is 4.42 Å². The molecule has 3 nitrogen and oxygen atoms in total. The van der Waals surface area contributed by atoms with Gasteiger partial charge in [-0.05, 0) is 50.8 Å². The Morgan fingerprint density at radius 2 is 1.95 bits per heavy atom. The van der Waals surface area contributed by atoms with Gasteiger partial charge in [-0.25, -0.2) is 4.39 Å². The predicted octanol–water partition coefficient (Wildman–Crippen LogP) is 2.78. The smallest absolute Gasteiger partial charge is 0.137 e. The van der Waals surface area contributed by atoms with E-state index in [-0.39, 0.29) is 5.82 Å². The number of rotatable bonds is 7. The van der Waals surface area contributed by atoms with Crippen molar-refractivity contribution in [3.05, 3.63) is 48.0 Å². The van der Waals surface area contributed by atoms with Gasteiger partial charge in [-0.2, -0.15) is 0 Å². The first-order valence-corrected chi connectivity index (χ1v) is 6.50. The highest BCUT2D eigenvalue weighted by molar-refractivity contribution is 5.58. The van der Waals surface area contributed by atoms with Crippen molar-refractivity contribution < 1.29 is 8.81 Å². The lowest BCUT2D eigenvalue weighted by atomic mass is 10.1. The van der Waals surface area contributed by atoms with Gasteiger partial charge in [0.15, 0.2) is 0 Å². The van der Waals surface area contributed by atoms with Crippen LogP contribution in [0.25, 0.3) is 11.3 Å². The van der Waals surface area contributed by atoms with Crippen molar-refractivity contribution in [2.75, 3.05) is 20.1 Å². The maximum Gasteiger partial charge on any atom is 0.137 e. The van der Waals surface area contributed by atoms with E-state index >= 15 is 0 Å². The Labute approximate surface area is 112 Å². The molecule has 0 saturated heterocycles. The molecule has 2 rings (SSSR count). The van der Waals surface area contributed by atoms with Crippen molar-refractivity contribution in [1.82, 2.24) is 10.6 Å². The molecule has 0 radical (unpaired) electrons. The fraction of sp³-hybridized carbons (Fsp3) is 0.333. The zero-order valence-electron chi connectivity index (χ0n) is 11.1. The first-order valence-electron chi connectivity index (χ1n) is 6.50. The van der Waals surface area contributed by atoms with Crippen LogP contribution in [0.4, 0.5) is 4.39 Å². The first-order chi connectivity index (χ1) is 9.31. The number of furan rings is 1. The number of benzene rings is 1. The van der Waals surface area contributed by atoms with Gasteiger partial charge in [0, 0.05) is 0 Å². The van der Waals surface area contributed by atoms with E-state index in [0.717, 1.165) is 25.3 Å². The minimum absolute atomic E-state index is 0.259. The zero-order valence-corrected chi connectivity index (χ0v) is 11.1. The first kappa shape index (κ1) is 13.8.